The van der Waals surface area contributed by atoms with Crippen LogP contribution in [0.2, 0.25) is 0 Å². The van der Waals surface area contributed by atoms with Crippen molar-refractivity contribution in [2.45, 2.75) is 18.6 Å². The molecule has 27 heavy (non-hydrogen) atoms. The molecule has 0 bridgehead atoms. The maximum absolute atomic E-state index is 14.2. The lowest BCUT2D eigenvalue weighted by molar-refractivity contribution is -0.134. The summed E-state index contributed by atoms with van der Waals surface area (Å²) in [6.07, 6.45) is 2.43. The lowest BCUT2D eigenvalue weighted by atomic mass is 10.0. The van der Waals surface area contributed by atoms with Crippen molar-refractivity contribution in [3.05, 3.63) is 48.3 Å². The second-order valence-corrected chi connectivity index (χ2v) is 7.01. The molecule has 1 N–H and O–H groups in total. The molecule has 1 fully saturated rings. The number of carbonyl (C=O) groups excluding carboxylic acids is 2. The molecule has 2 amide bonds. The predicted octanol–water partition coefficient (Wildman–Crippen LogP) is 1.10. The van der Waals surface area contributed by atoms with Crippen molar-refractivity contribution in [2.24, 2.45) is 0 Å². The number of para-hydroxylation sites is 1. The molecule has 3 rings (SSSR count). The Morgan fingerprint density at radius 1 is 1.26 bits per heavy atom. The van der Waals surface area contributed by atoms with E-state index in [1.807, 2.05) is 6.07 Å². The number of likely N-dealkylation sites (N-methyl/N-ethyl adjacent to an activating group) is 1. The number of rotatable bonds is 5. The number of hydrogen-bond donors (Lipinski definition) is 1. The van der Waals surface area contributed by atoms with Crippen LogP contribution in [0.15, 0.2) is 42.7 Å². The van der Waals surface area contributed by atoms with Gasteiger partial charge in [0.05, 0.1) is 24.3 Å². The van der Waals surface area contributed by atoms with Crippen molar-refractivity contribution < 1.29 is 14.0 Å². The first-order valence-electron chi connectivity index (χ1n) is 8.90. The highest BCUT2D eigenvalue weighted by atomic mass is 19.1. The average molecular weight is 373 g/mol. The van der Waals surface area contributed by atoms with Crippen LogP contribution in [0.5, 0.6) is 0 Å². The number of hydrogen-bond acceptors (Lipinski definition) is 4. The summed E-state index contributed by atoms with van der Waals surface area (Å²) in [4.78, 5) is 28.3. The van der Waals surface area contributed by atoms with Crippen LogP contribution in [0.1, 0.15) is 16.8 Å². The standard InChI is InChI=1S/C19H24FN5O2/c1-23(2)13-18(26)24-11-14(20)10-15(12-24)22-19(27)16-6-3-4-7-17(16)25-9-5-8-21-25/h3-9,14-15H,10-13H2,1-2H3,(H,22,27)/t14-,15+/m1/s1. The molecule has 0 spiro atoms. The zero-order chi connectivity index (χ0) is 19.4. The predicted molar refractivity (Wildman–Crippen MR) is 99.5 cm³/mol. The van der Waals surface area contributed by atoms with Gasteiger partial charge in [-0.05, 0) is 32.3 Å². The van der Waals surface area contributed by atoms with Gasteiger partial charge in [0.1, 0.15) is 6.17 Å². The fourth-order valence-electron chi connectivity index (χ4n) is 3.26. The maximum atomic E-state index is 14.2. The van der Waals surface area contributed by atoms with Gasteiger partial charge < -0.3 is 15.1 Å². The van der Waals surface area contributed by atoms with Gasteiger partial charge in [0.15, 0.2) is 0 Å². The molecule has 144 valence electrons. The summed E-state index contributed by atoms with van der Waals surface area (Å²) in [6.45, 7) is 0.598. The van der Waals surface area contributed by atoms with E-state index < -0.39 is 12.2 Å². The van der Waals surface area contributed by atoms with Gasteiger partial charge in [-0.3, -0.25) is 9.59 Å². The number of amides is 2. The molecule has 1 aliphatic heterocycles. The van der Waals surface area contributed by atoms with E-state index in [9.17, 15) is 14.0 Å². The summed E-state index contributed by atoms with van der Waals surface area (Å²) in [5.41, 5.74) is 1.10. The second kappa shape index (κ2) is 8.30. The third-order valence-corrected chi connectivity index (χ3v) is 4.44. The van der Waals surface area contributed by atoms with Gasteiger partial charge in [-0.1, -0.05) is 12.1 Å². The van der Waals surface area contributed by atoms with E-state index in [4.69, 9.17) is 0 Å². The highest BCUT2D eigenvalue weighted by Gasteiger charge is 2.31. The number of alkyl halides is 1. The Bertz CT molecular complexity index is 793. The molecule has 7 nitrogen and oxygen atoms in total. The van der Waals surface area contributed by atoms with Crippen molar-refractivity contribution in [2.75, 3.05) is 33.7 Å². The summed E-state index contributed by atoms with van der Waals surface area (Å²) in [5, 5.41) is 7.05. The minimum Gasteiger partial charge on any atom is -0.347 e. The first-order chi connectivity index (χ1) is 12.9. The summed E-state index contributed by atoms with van der Waals surface area (Å²) >= 11 is 0. The van der Waals surface area contributed by atoms with Gasteiger partial charge >= 0.3 is 0 Å². The first-order valence-corrected chi connectivity index (χ1v) is 8.90. The van der Waals surface area contributed by atoms with Crippen LogP contribution in [0, 0.1) is 0 Å². The Kier molecular flexibility index (Phi) is 5.85. The van der Waals surface area contributed by atoms with Gasteiger partial charge in [0.2, 0.25) is 5.91 Å². The molecule has 1 aromatic heterocycles. The minimum absolute atomic E-state index is 0.0723. The highest BCUT2D eigenvalue weighted by molar-refractivity contribution is 5.98. The van der Waals surface area contributed by atoms with Gasteiger partial charge in [-0.2, -0.15) is 5.10 Å². The summed E-state index contributed by atoms with van der Waals surface area (Å²) in [5.74, 6) is -0.446. The lowest BCUT2D eigenvalue weighted by Gasteiger charge is -2.35. The zero-order valence-electron chi connectivity index (χ0n) is 15.5. The normalized spacial score (nSPS) is 19.9. The number of aromatic nitrogens is 2. The summed E-state index contributed by atoms with van der Waals surface area (Å²) < 4.78 is 15.8. The van der Waals surface area contributed by atoms with Crippen LogP contribution in [0.25, 0.3) is 5.69 Å². The van der Waals surface area contributed by atoms with Gasteiger partial charge in [-0.15, -0.1) is 0 Å². The number of benzene rings is 1. The number of nitrogens with zero attached hydrogens (tertiary/aromatic N) is 4. The SMILES string of the molecule is CN(C)CC(=O)N1C[C@H](F)C[C@H](NC(=O)c2ccccc2-n2cccn2)C1. The van der Waals surface area contributed by atoms with Gasteiger partial charge in [0.25, 0.3) is 5.91 Å². The molecular formula is C19H24FN5O2. The molecule has 2 atom stereocenters. The van der Waals surface area contributed by atoms with Crippen LogP contribution in [0.3, 0.4) is 0 Å². The third-order valence-electron chi connectivity index (χ3n) is 4.44. The van der Waals surface area contributed by atoms with Crippen LogP contribution in [0.4, 0.5) is 4.39 Å². The zero-order valence-corrected chi connectivity index (χ0v) is 15.5. The smallest absolute Gasteiger partial charge is 0.253 e. The summed E-state index contributed by atoms with van der Waals surface area (Å²) in [7, 11) is 3.58. The van der Waals surface area contributed by atoms with E-state index in [1.165, 1.54) is 4.90 Å². The quantitative estimate of drug-likeness (QED) is 0.852. The molecule has 2 aromatic rings. The monoisotopic (exact) mass is 373 g/mol. The largest absolute Gasteiger partial charge is 0.347 e. The van der Waals surface area contributed by atoms with E-state index in [0.717, 1.165) is 0 Å². The molecule has 0 radical (unpaired) electrons. The second-order valence-electron chi connectivity index (χ2n) is 7.01. The highest BCUT2D eigenvalue weighted by Crippen LogP contribution is 2.17. The van der Waals surface area contributed by atoms with Crippen molar-refractivity contribution in [1.29, 1.82) is 0 Å². The Hall–Kier alpha value is -2.74. The first kappa shape index (κ1) is 19.0. The van der Waals surface area contributed by atoms with E-state index in [2.05, 4.69) is 10.4 Å². The van der Waals surface area contributed by atoms with Gasteiger partial charge in [0, 0.05) is 31.4 Å². The van der Waals surface area contributed by atoms with E-state index >= 15 is 0 Å². The molecule has 1 saturated heterocycles. The van der Waals surface area contributed by atoms with Crippen molar-refractivity contribution >= 4 is 11.8 Å². The molecular weight excluding hydrogens is 349 g/mol. The van der Waals surface area contributed by atoms with Crippen LogP contribution >= 0.6 is 0 Å². The third kappa shape index (κ3) is 4.71. The molecule has 0 saturated carbocycles. The number of likely N-dealkylation sites (tertiary alicyclic amines) is 1. The Balaban J connectivity index is 1.72. The van der Waals surface area contributed by atoms with E-state index in [1.54, 1.807) is 60.3 Å². The molecule has 1 aliphatic rings. The average Bonchev–Trinajstić information content (AvgIpc) is 3.15. The number of nitrogens with one attached hydrogen (secondary N) is 1. The molecule has 8 heteroatoms. The Morgan fingerprint density at radius 2 is 2.04 bits per heavy atom. The Morgan fingerprint density at radius 3 is 2.74 bits per heavy atom. The minimum atomic E-state index is -1.16. The number of piperidine rings is 1. The van der Waals surface area contributed by atoms with Crippen molar-refractivity contribution in [3.8, 4) is 5.69 Å². The van der Waals surface area contributed by atoms with Crippen LogP contribution < -0.4 is 5.32 Å². The van der Waals surface area contributed by atoms with Crippen molar-refractivity contribution in [1.82, 2.24) is 24.9 Å². The molecule has 0 aliphatic carbocycles. The van der Waals surface area contributed by atoms with Gasteiger partial charge in [-0.25, -0.2) is 9.07 Å². The Labute approximate surface area is 157 Å². The van der Waals surface area contributed by atoms with E-state index in [0.29, 0.717) is 17.8 Å². The molecule has 0 unspecified atom stereocenters. The fourth-order valence-corrected chi connectivity index (χ4v) is 3.26. The maximum Gasteiger partial charge on any atom is 0.253 e. The topological polar surface area (TPSA) is 70.5 Å². The molecule has 2 heterocycles. The lowest BCUT2D eigenvalue weighted by Crippen LogP contribution is -2.54. The van der Waals surface area contributed by atoms with E-state index in [-0.39, 0.29) is 31.3 Å². The molecule has 1 aromatic carbocycles. The van der Waals surface area contributed by atoms with Crippen molar-refractivity contribution in [3.63, 3.8) is 0 Å². The van der Waals surface area contributed by atoms with Crippen LogP contribution in [-0.4, -0.2) is 77.3 Å². The number of carbonyl (C=O) groups is 2. The number of halogens is 1. The fraction of sp³-hybridized carbons (Fsp3) is 0.421. The summed E-state index contributed by atoms with van der Waals surface area (Å²) in [6, 6.07) is 8.45. The van der Waals surface area contributed by atoms with Crippen LogP contribution in [-0.2, 0) is 4.79 Å².